The standard InChI is InChI=1S/C20H18F2N6/c1-13-10-23-28(12-13)18-11-24-27-8-6-19(25-20(18)27)26-7-2-3-17(26)15-9-14(21)4-5-16(15)22/h4-6,8-12,17H,2-3,7H2,1H3/t17-/m1/s1. The molecule has 0 aliphatic carbocycles. The minimum absolute atomic E-state index is 0.246. The van der Waals surface area contributed by atoms with Crippen molar-refractivity contribution in [3.8, 4) is 5.69 Å². The fourth-order valence-electron chi connectivity index (χ4n) is 3.85. The summed E-state index contributed by atoms with van der Waals surface area (Å²) >= 11 is 0. The van der Waals surface area contributed by atoms with Crippen molar-refractivity contribution >= 4 is 11.5 Å². The van der Waals surface area contributed by atoms with Crippen LogP contribution in [0.1, 0.15) is 30.0 Å². The van der Waals surface area contributed by atoms with E-state index < -0.39 is 11.6 Å². The number of aromatic nitrogens is 5. The largest absolute Gasteiger partial charge is 0.349 e. The lowest BCUT2D eigenvalue weighted by Gasteiger charge is -2.26. The minimum Gasteiger partial charge on any atom is -0.349 e. The monoisotopic (exact) mass is 380 g/mol. The molecule has 0 spiro atoms. The topological polar surface area (TPSA) is 51.3 Å². The van der Waals surface area contributed by atoms with Crippen LogP contribution in [0.25, 0.3) is 11.3 Å². The molecule has 1 aliphatic rings. The summed E-state index contributed by atoms with van der Waals surface area (Å²) in [6.07, 6.45) is 8.86. The Morgan fingerprint density at radius 2 is 2.00 bits per heavy atom. The minimum atomic E-state index is -0.432. The maximum absolute atomic E-state index is 14.4. The number of rotatable bonds is 3. The summed E-state index contributed by atoms with van der Waals surface area (Å²) in [7, 11) is 0. The van der Waals surface area contributed by atoms with Gasteiger partial charge in [-0.25, -0.2) is 23.0 Å². The van der Waals surface area contributed by atoms with Crippen LogP contribution in [0.5, 0.6) is 0 Å². The van der Waals surface area contributed by atoms with Crippen LogP contribution in [-0.4, -0.2) is 30.9 Å². The second-order valence-corrected chi connectivity index (χ2v) is 7.06. The fraction of sp³-hybridized carbons (Fsp3) is 0.250. The van der Waals surface area contributed by atoms with Crippen LogP contribution < -0.4 is 4.90 Å². The van der Waals surface area contributed by atoms with Crippen LogP contribution in [0.4, 0.5) is 14.6 Å². The highest BCUT2D eigenvalue weighted by molar-refractivity contribution is 5.61. The van der Waals surface area contributed by atoms with E-state index in [0.717, 1.165) is 36.7 Å². The average molecular weight is 380 g/mol. The third kappa shape index (κ3) is 2.72. The Bertz CT molecular complexity index is 1160. The second-order valence-electron chi connectivity index (χ2n) is 7.06. The number of benzene rings is 1. The Kier molecular flexibility index (Phi) is 3.85. The maximum Gasteiger partial charge on any atom is 0.183 e. The predicted octanol–water partition coefficient (Wildman–Crippen LogP) is 3.84. The molecule has 5 rings (SSSR count). The van der Waals surface area contributed by atoms with Gasteiger partial charge in [-0.05, 0) is 49.6 Å². The van der Waals surface area contributed by atoms with E-state index in [4.69, 9.17) is 4.98 Å². The van der Waals surface area contributed by atoms with Crippen molar-refractivity contribution in [1.29, 1.82) is 0 Å². The van der Waals surface area contributed by atoms with Gasteiger partial charge in [0.25, 0.3) is 0 Å². The van der Waals surface area contributed by atoms with Crippen LogP contribution in [0.2, 0.25) is 0 Å². The average Bonchev–Trinajstić information content (AvgIpc) is 3.42. The molecule has 0 unspecified atom stereocenters. The molecule has 28 heavy (non-hydrogen) atoms. The number of aryl methyl sites for hydroxylation is 1. The van der Waals surface area contributed by atoms with Crippen molar-refractivity contribution in [1.82, 2.24) is 24.4 Å². The molecule has 4 heterocycles. The molecule has 0 saturated carbocycles. The zero-order valence-electron chi connectivity index (χ0n) is 15.3. The number of nitrogens with zero attached hydrogens (tertiary/aromatic N) is 6. The summed E-state index contributed by atoms with van der Waals surface area (Å²) in [6.45, 7) is 2.70. The highest BCUT2D eigenvalue weighted by Crippen LogP contribution is 2.37. The van der Waals surface area contributed by atoms with Crippen LogP contribution in [0.3, 0.4) is 0 Å². The quantitative estimate of drug-likeness (QED) is 0.542. The first kappa shape index (κ1) is 16.9. The van der Waals surface area contributed by atoms with Crippen molar-refractivity contribution in [2.75, 3.05) is 11.4 Å². The lowest BCUT2D eigenvalue weighted by atomic mass is 10.0. The molecule has 3 aromatic heterocycles. The summed E-state index contributed by atoms with van der Waals surface area (Å²) in [6, 6.07) is 5.23. The third-order valence-electron chi connectivity index (χ3n) is 5.16. The summed E-state index contributed by atoms with van der Waals surface area (Å²) in [5, 5.41) is 8.68. The van der Waals surface area contributed by atoms with Gasteiger partial charge in [0.15, 0.2) is 5.65 Å². The van der Waals surface area contributed by atoms with E-state index in [2.05, 4.69) is 10.2 Å². The summed E-state index contributed by atoms with van der Waals surface area (Å²) < 4.78 is 31.5. The molecule has 1 atom stereocenters. The number of hydrogen-bond donors (Lipinski definition) is 0. The van der Waals surface area contributed by atoms with E-state index in [1.165, 1.54) is 12.1 Å². The molecule has 0 N–H and O–H groups in total. The lowest BCUT2D eigenvalue weighted by molar-refractivity contribution is 0.560. The van der Waals surface area contributed by atoms with Gasteiger partial charge in [-0.15, -0.1) is 0 Å². The molecule has 1 saturated heterocycles. The molecule has 142 valence electrons. The van der Waals surface area contributed by atoms with Gasteiger partial charge in [-0.1, -0.05) is 0 Å². The number of halogens is 2. The van der Waals surface area contributed by atoms with Crippen LogP contribution in [0, 0.1) is 18.6 Å². The van der Waals surface area contributed by atoms with Gasteiger partial charge in [0.2, 0.25) is 0 Å². The van der Waals surface area contributed by atoms with E-state index in [0.29, 0.717) is 17.0 Å². The predicted molar refractivity (Wildman–Crippen MR) is 101 cm³/mol. The number of fused-ring (bicyclic) bond motifs is 1. The van der Waals surface area contributed by atoms with E-state index in [1.54, 1.807) is 21.6 Å². The van der Waals surface area contributed by atoms with Crippen LogP contribution in [-0.2, 0) is 0 Å². The fourth-order valence-corrected chi connectivity index (χ4v) is 3.85. The molecule has 4 aromatic rings. The Labute approximate surface area is 160 Å². The number of hydrogen-bond acceptors (Lipinski definition) is 4. The van der Waals surface area contributed by atoms with Crippen molar-refractivity contribution < 1.29 is 8.78 Å². The zero-order chi connectivity index (χ0) is 19.3. The molecule has 0 bridgehead atoms. The zero-order valence-corrected chi connectivity index (χ0v) is 15.3. The first-order valence-corrected chi connectivity index (χ1v) is 9.18. The Balaban J connectivity index is 1.57. The van der Waals surface area contributed by atoms with Gasteiger partial charge < -0.3 is 4.90 Å². The van der Waals surface area contributed by atoms with E-state index in [-0.39, 0.29) is 6.04 Å². The van der Waals surface area contributed by atoms with Crippen molar-refractivity contribution in [3.05, 3.63) is 71.8 Å². The highest BCUT2D eigenvalue weighted by Gasteiger charge is 2.30. The van der Waals surface area contributed by atoms with Crippen LogP contribution >= 0.6 is 0 Å². The third-order valence-corrected chi connectivity index (χ3v) is 5.16. The molecule has 1 aromatic carbocycles. The molecular weight excluding hydrogens is 362 g/mol. The number of anilines is 1. The van der Waals surface area contributed by atoms with E-state index in [9.17, 15) is 8.78 Å². The van der Waals surface area contributed by atoms with Crippen molar-refractivity contribution in [2.45, 2.75) is 25.8 Å². The van der Waals surface area contributed by atoms with E-state index in [1.807, 2.05) is 30.3 Å². The molecule has 8 heteroatoms. The first-order chi connectivity index (χ1) is 13.6. The van der Waals surface area contributed by atoms with Crippen LogP contribution in [0.15, 0.2) is 49.1 Å². The Morgan fingerprint density at radius 3 is 2.82 bits per heavy atom. The Morgan fingerprint density at radius 1 is 1.11 bits per heavy atom. The summed E-state index contributed by atoms with van der Waals surface area (Å²) in [5.74, 6) is -0.112. The molecule has 0 amide bonds. The van der Waals surface area contributed by atoms with Gasteiger partial charge in [0.1, 0.15) is 23.1 Å². The van der Waals surface area contributed by atoms with Crippen molar-refractivity contribution in [2.24, 2.45) is 0 Å². The molecule has 6 nitrogen and oxygen atoms in total. The van der Waals surface area contributed by atoms with Gasteiger partial charge in [-0.2, -0.15) is 10.2 Å². The van der Waals surface area contributed by atoms with Gasteiger partial charge in [-0.3, -0.25) is 0 Å². The smallest absolute Gasteiger partial charge is 0.183 e. The highest BCUT2D eigenvalue weighted by atomic mass is 19.1. The van der Waals surface area contributed by atoms with Gasteiger partial charge in [0, 0.05) is 24.5 Å². The van der Waals surface area contributed by atoms with Gasteiger partial charge >= 0.3 is 0 Å². The molecule has 1 aliphatic heterocycles. The lowest BCUT2D eigenvalue weighted by Crippen LogP contribution is -2.24. The molecule has 1 fully saturated rings. The molecule has 0 radical (unpaired) electrons. The first-order valence-electron chi connectivity index (χ1n) is 9.18. The SMILES string of the molecule is Cc1cnn(-c2cnn3ccc(N4CCC[C@@H]4c4cc(F)ccc4F)nc23)c1. The maximum atomic E-state index is 14.4. The normalized spacial score (nSPS) is 17.0. The summed E-state index contributed by atoms with van der Waals surface area (Å²) in [4.78, 5) is 6.81. The van der Waals surface area contributed by atoms with Gasteiger partial charge in [0.05, 0.1) is 18.4 Å². The summed E-state index contributed by atoms with van der Waals surface area (Å²) in [5.41, 5.74) is 2.83. The molecular formula is C20H18F2N6. The second kappa shape index (κ2) is 6.40. The van der Waals surface area contributed by atoms with Crippen molar-refractivity contribution in [3.63, 3.8) is 0 Å². The Hall–Kier alpha value is -3.29. The van der Waals surface area contributed by atoms with E-state index >= 15 is 0 Å².